The van der Waals surface area contributed by atoms with Gasteiger partial charge in [0.15, 0.2) is 0 Å². The summed E-state index contributed by atoms with van der Waals surface area (Å²) < 4.78 is 0. The summed E-state index contributed by atoms with van der Waals surface area (Å²) in [5.41, 5.74) is 0. The lowest BCUT2D eigenvalue weighted by molar-refractivity contribution is 0.0727. The van der Waals surface area contributed by atoms with Gasteiger partial charge >= 0.3 is 0 Å². The number of likely N-dealkylation sites (tertiary alicyclic amines) is 1. The number of piperidine rings is 1. The highest BCUT2D eigenvalue weighted by atomic mass is 15.3. The summed E-state index contributed by atoms with van der Waals surface area (Å²) in [6.45, 7) is 17.2. The van der Waals surface area contributed by atoms with Gasteiger partial charge in [-0.1, -0.05) is 0 Å². The second-order valence-electron chi connectivity index (χ2n) is 7.78. The molecule has 2 aliphatic heterocycles. The van der Waals surface area contributed by atoms with Crippen molar-refractivity contribution >= 4 is 0 Å². The molecule has 1 aliphatic carbocycles. The monoisotopic (exact) mass is 279 g/mol. The first-order valence-electron chi connectivity index (χ1n) is 8.78. The maximum absolute atomic E-state index is 2.75. The Morgan fingerprint density at radius 3 is 2.20 bits per heavy atom. The van der Waals surface area contributed by atoms with Gasteiger partial charge in [0.05, 0.1) is 0 Å². The molecule has 0 aromatic heterocycles. The molecule has 3 fully saturated rings. The molecule has 2 saturated heterocycles. The highest BCUT2D eigenvalue weighted by Crippen LogP contribution is 2.47. The predicted octanol–water partition coefficient (Wildman–Crippen LogP) is 2.13. The lowest BCUT2D eigenvalue weighted by atomic mass is 9.94. The number of hydrogen-bond donors (Lipinski definition) is 0. The summed E-state index contributed by atoms with van der Waals surface area (Å²) in [6, 6.07) is 2.41. The van der Waals surface area contributed by atoms with Gasteiger partial charge < -0.3 is 4.90 Å². The molecule has 20 heavy (non-hydrogen) atoms. The normalized spacial score (nSPS) is 36.6. The summed E-state index contributed by atoms with van der Waals surface area (Å²) in [5.74, 6) is 2.01. The van der Waals surface area contributed by atoms with Crippen LogP contribution in [0.1, 0.15) is 40.5 Å². The van der Waals surface area contributed by atoms with Crippen molar-refractivity contribution in [2.24, 2.45) is 11.8 Å². The van der Waals surface area contributed by atoms with Crippen LogP contribution in [-0.4, -0.2) is 72.1 Å². The molecule has 0 bridgehead atoms. The number of hydrogen-bond acceptors (Lipinski definition) is 3. The van der Waals surface area contributed by atoms with Crippen LogP contribution in [0.2, 0.25) is 0 Å². The largest absolute Gasteiger partial charge is 0.301 e. The van der Waals surface area contributed by atoms with E-state index in [9.17, 15) is 0 Å². The van der Waals surface area contributed by atoms with Crippen molar-refractivity contribution in [3.63, 3.8) is 0 Å². The quantitative estimate of drug-likeness (QED) is 0.780. The minimum absolute atomic E-state index is 0.722. The minimum atomic E-state index is 0.722. The zero-order valence-electron chi connectivity index (χ0n) is 13.9. The molecule has 116 valence electrons. The van der Waals surface area contributed by atoms with E-state index in [-0.39, 0.29) is 0 Å². The van der Waals surface area contributed by atoms with Crippen molar-refractivity contribution in [3.05, 3.63) is 0 Å². The van der Waals surface area contributed by atoms with Crippen molar-refractivity contribution in [2.75, 3.05) is 39.3 Å². The Labute approximate surface area is 125 Å². The van der Waals surface area contributed by atoms with Gasteiger partial charge in [-0.3, -0.25) is 9.80 Å². The third kappa shape index (κ3) is 3.05. The van der Waals surface area contributed by atoms with E-state index in [2.05, 4.69) is 42.4 Å². The maximum Gasteiger partial charge on any atom is 0.0133 e. The van der Waals surface area contributed by atoms with Gasteiger partial charge in [0.1, 0.15) is 0 Å². The minimum Gasteiger partial charge on any atom is -0.301 e. The van der Waals surface area contributed by atoms with Crippen molar-refractivity contribution in [1.82, 2.24) is 14.7 Å². The number of nitrogens with zero attached hydrogens (tertiary/aromatic N) is 3. The first-order valence-corrected chi connectivity index (χ1v) is 8.78. The molecule has 3 heteroatoms. The molecule has 3 rings (SSSR count). The molecule has 1 saturated carbocycles. The number of piperazine rings is 1. The van der Waals surface area contributed by atoms with Crippen LogP contribution < -0.4 is 0 Å². The molecule has 3 atom stereocenters. The van der Waals surface area contributed by atoms with E-state index in [1.807, 2.05) is 0 Å². The van der Waals surface area contributed by atoms with Crippen LogP contribution in [0, 0.1) is 11.8 Å². The fraction of sp³-hybridized carbons (Fsp3) is 1.00. The second kappa shape index (κ2) is 5.94. The Kier molecular flexibility index (Phi) is 4.40. The van der Waals surface area contributed by atoms with Gasteiger partial charge in [-0.05, 0) is 58.9 Å². The lowest BCUT2D eigenvalue weighted by Crippen LogP contribution is -2.51. The Bertz CT molecular complexity index is 320. The van der Waals surface area contributed by atoms with Crippen molar-refractivity contribution in [2.45, 2.75) is 58.7 Å². The second-order valence-corrected chi connectivity index (χ2v) is 7.78. The van der Waals surface area contributed by atoms with Crippen LogP contribution >= 0.6 is 0 Å². The van der Waals surface area contributed by atoms with Crippen molar-refractivity contribution in [3.8, 4) is 0 Å². The van der Waals surface area contributed by atoms with Crippen LogP contribution in [0.15, 0.2) is 0 Å². The Balaban J connectivity index is 1.45. The zero-order chi connectivity index (χ0) is 14.3. The molecule has 3 aliphatic rings. The first-order chi connectivity index (χ1) is 9.56. The van der Waals surface area contributed by atoms with Crippen LogP contribution in [-0.2, 0) is 0 Å². The smallest absolute Gasteiger partial charge is 0.0133 e. The van der Waals surface area contributed by atoms with Crippen LogP contribution in [0.5, 0.6) is 0 Å². The molecule has 0 spiro atoms. The van der Waals surface area contributed by atoms with E-state index in [1.165, 1.54) is 52.1 Å². The van der Waals surface area contributed by atoms with E-state index < -0.39 is 0 Å². The van der Waals surface area contributed by atoms with E-state index in [4.69, 9.17) is 0 Å². The van der Waals surface area contributed by atoms with Gasteiger partial charge in [0.25, 0.3) is 0 Å². The predicted molar refractivity (Wildman–Crippen MR) is 85.0 cm³/mol. The molecular formula is C17H33N3. The van der Waals surface area contributed by atoms with Crippen LogP contribution in [0.3, 0.4) is 0 Å². The topological polar surface area (TPSA) is 9.72 Å². The third-order valence-electron chi connectivity index (χ3n) is 5.89. The molecule has 0 aromatic rings. The van der Waals surface area contributed by atoms with Gasteiger partial charge in [-0.15, -0.1) is 0 Å². The molecule has 0 amide bonds. The summed E-state index contributed by atoms with van der Waals surface area (Å²) >= 11 is 0. The summed E-state index contributed by atoms with van der Waals surface area (Å²) in [5, 5.41) is 0. The Morgan fingerprint density at radius 1 is 0.900 bits per heavy atom. The van der Waals surface area contributed by atoms with E-state index >= 15 is 0 Å². The number of rotatable bonds is 4. The van der Waals surface area contributed by atoms with Gasteiger partial charge in [0, 0.05) is 50.8 Å². The average molecular weight is 279 g/mol. The molecule has 0 radical (unpaired) electrons. The molecule has 3 nitrogen and oxygen atoms in total. The average Bonchev–Trinajstić information content (AvgIpc) is 3.19. The molecular weight excluding hydrogens is 246 g/mol. The van der Waals surface area contributed by atoms with E-state index in [0.717, 1.165) is 30.0 Å². The highest BCUT2D eigenvalue weighted by molar-refractivity contribution is 5.04. The Hall–Kier alpha value is -0.120. The van der Waals surface area contributed by atoms with Gasteiger partial charge in [-0.25, -0.2) is 0 Å². The first kappa shape index (κ1) is 14.8. The molecule has 2 heterocycles. The van der Waals surface area contributed by atoms with E-state index in [1.54, 1.807) is 0 Å². The number of fused-ring (bicyclic) bond motifs is 1. The fourth-order valence-corrected chi connectivity index (χ4v) is 4.44. The van der Waals surface area contributed by atoms with Gasteiger partial charge in [-0.2, -0.15) is 0 Å². The van der Waals surface area contributed by atoms with Crippen molar-refractivity contribution in [1.29, 1.82) is 0 Å². The summed E-state index contributed by atoms with van der Waals surface area (Å²) in [4.78, 5) is 8.11. The Morgan fingerprint density at radius 2 is 1.60 bits per heavy atom. The van der Waals surface area contributed by atoms with Crippen molar-refractivity contribution < 1.29 is 0 Å². The maximum atomic E-state index is 2.75. The van der Waals surface area contributed by atoms with E-state index in [0.29, 0.717) is 0 Å². The summed E-state index contributed by atoms with van der Waals surface area (Å²) in [6.07, 6.45) is 2.92. The molecule has 0 unspecified atom stereocenters. The standard InChI is InChI=1S/C17H33N3/c1-13(2)19-9-7-18(8-10-19)12-15-5-6-20(14(3)4)17-11-16(15)17/h13-17H,5-12H2,1-4H3/t15-,16+,17+/m1/s1. The van der Waals surface area contributed by atoms with Crippen LogP contribution in [0.4, 0.5) is 0 Å². The fourth-order valence-electron chi connectivity index (χ4n) is 4.44. The zero-order valence-corrected chi connectivity index (χ0v) is 13.9. The lowest BCUT2D eigenvalue weighted by Gasteiger charge is -2.40. The molecule has 0 aromatic carbocycles. The SMILES string of the molecule is CC(C)N1CCN(C[C@H]2CCN(C(C)C)[C@H]3C[C@@H]23)CC1. The highest BCUT2D eigenvalue weighted by Gasteiger charge is 2.50. The molecule has 0 N–H and O–H groups in total. The third-order valence-corrected chi connectivity index (χ3v) is 5.89. The van der Waals surface area contributed by atoms with Crippen LogP contribution in [0.25, 0.3) is 0 Å². The van der Waals surface area contributed by atoms with Gasteiger partial charge in [0.2, 0.25) is 0 Å². The summed E-state index contributed by atoms with van der Waals surface area (Å²) in [7, 11) is 0.